The third-order valence-corrected chi connectivity index (χ3v) is 4.58. The molecule has 1 fully saturated rings. The van der Waals surface area contributed by atoms with Crippen molar-refractivity contribution in [2.45, 2.75) is 45.3 Å². The molecule has 0 bridgehead atoms. The van der Waals surface area contributed by atoms with E-state index in [1.807, 2.05) is 6.20 Å². The van der Waals surface area contributed by atoms with E-state index in [1.165, 1.54) is 18.0 Å². The van der Waals surface area contributed by atoms with Gasteiger partial charge in [-0.15, -0.1) is 11.3 Å². The number of aliphatic hydroxyl groups excluding tert-OH is 1. The van der Waals surface area contributed by atoms with Crippen LogP contribution in [0.3, 0.4) is 0 Å². The van der Waals surface area contributed by atoms with Crippen molar-refractivity contribution in [2.75, 3.05) is 13.1 Å². The summed E-state index contributed by atoms with van der Waals surface area (Å²) in [5, 5.41) is 10.7. The summed E-state index contributed by atoms with van der Waals surface area (Å²) >= 11 is 1.66. The lowest BCUT2D eigenvalue weighted by molar-refractivity contribution is 0.203. The average molecular weight is 240 g/mol. The molecule has 3 nitrogen and oxygen atoms in total. The number of hydrogen-bond donors (Lipinski definition) is 1. The van der Waals surface area contributed by atoms with Crippen molar-refractivity contribution in [3.63, 3.8) is 0 Å². The fraction of sp³-hybridized carbons (Fsp3) is 0.750. The van der Waals surface area contributed by atoms with Gasteiger partial charge in [-0.1, -0.05) is 0 Å². The minimum Gasteiger partial charge on any atom is -0.388 e. The van der Waals surface area contributed by atoms with E-state index in [4.69, 9.17) is 0 Å². The molecule has 2 unspecified atom stereocenters. The lowest BCUT2D eigenvalue weighted by Crippen LogP contribution is -2.27. The average Bonchev–Trinajstić information content (AvgIpc) is 2.86. The van der Waals surface area contributed by atoms with Gasteiger partial charge in [-0.05, 0) is 33.7 Å². The molecule has 2 atom stereocenters. The monoisotopic (exact) mass is 240 g/mol. The number of nitrogens with zero attached hydrogens (tertiary/aromatic N) is 2. The van der Waals surface area contributed by atoms with Gasteiger partial charge in [0, 0.05) is 24.7 Å². The number of thiazole rings is 1. The smallest absolute Gasteiger partial charge is 0.0972 e. The SMILES string of the molecule is CC(O)c1cnc(C2CCN(C(C)C)C2)s1. The third-order valence-electron chi connectivity index (χ3n) is 3.25. The van der Waals surface area contributed by atoms with E-state index >= 15 is 0 Å². The van der Waals surface area contributed by atoms with Crippen molar-refractivity contribution >= 4 is 11.3 Å². The Hall–Kier alpha value is -0.450. The summed E-state index contributed by atoms with van der Waals surface area (Å²) in [5.74, 6) is 0.569. The van der Waals surface area contributed by atoms with E-state index in [0.717, 1.165) is 11.4 Å². The van der Waals surface area contributed by atoms with Crippen LogP contribution < -0.4 is 0 Å². The van der Waals surface area contributed by atoms with Gasteiger partial charge < -0.3 is 10.0 Å². The van der Waals surface area contributed by atoms with Crippen LogP contribution in [0.15, 0.2) is 6.20 Å². The second kappa shape index (κ2) is 4.82. The number of hydrogen-bond acceptors (Lipinski definition) is 4. The molecule has 1 aliphatic rings. The van der Waals surface area contributed by atoms with Crippen LogP contribution >= 0.6 is 11.3 Å². The molecule has 0 aliphatic carbocycles. The number of likely N-dealkylation sites (tertiary alicyclic amines) is 1. The van der Waals surface area contributed by atoms with Gasteiger partial charge in [0.25, 0.3) is 0 Å². The Morgan fingerprint density at radius 3 is 2.75 bits per heavy atom. The van der Waals surface area contributed by atoms with Crippen molar-refractivity contribution < 1.29 is 5.11 Å². The Bertz CT molecular complexity index is 349. The lowest BCUT2D eigenvalue weighted by atomic mass is 10.1. The maximum absolute atomic E-state index is 9.48. The standard InChI is InChI=1S/C12H20N2OS/c1-8(2)14-5-4-10(7-14)12-13-6-11(16-12)9(3)15/h6,8-10,15H,4-5,7H2,1-3H3. The van der Waals surface area contributed by atoms with Crippen molar-refractivity contribution in [2.24, 2.45) is 0 Å². The first kappa shape index (κ1) is 12.0. The van der Waals surface area contributed by atoms with Gasteiger partial charge in [0.2, 0.25) is 0 Å². The largest absolute Gasteiger partial charge is 0.388 e. The summed E-state index contributed by atoms with van der Waals surface area (Å²) in [6.45, 7) is 8.57. The van der Waals surface area contributed by atoms with Gasteiger partial charge in [-0.3, -0.25) is 0 Å². The van der Waals surface area contributed by atoms with Crippen molar-refractivity contribution in [1.29, 1.82) is 0 Å². The second-order valence-electron chi connectivity index (χ2n) is 4.85. The first-order valence-corrected chi connectivity index (χ1v) is 6.77. The van der Waals surface area contributed by atoms with E-state index in [9.17, 15) is 5.11 Å². The van der Waals surface area contributed by atoms with Crippen LogP contribution in [0.2, 0.25) is 0 Å². The molecule has 0 radical (unpaired) electrons. The molecule has 1 aromatic rings. The summed E-state index contributed by atoms with van der Waals surface area (Å²) in [7, 11) is 0. The molecule has 1 aliphatic heterocycles. The normalized spacial score (nSPS) is 24.2. The highest BCUT2D eigenvalue weighted by Gasteiger charge is 2.27. The molecule has 1 aromatic heterocycles. The van der Waals surface area contributed by atoms with Crippen LogP contribution in [0.1, 0.15) is 49.1 Å². The van der Waals surface area contributed by atoms with Crippen LogP contribution in [0.25, 0.3) is 0 Å². The minimum absolute atomic E-state index is 0.381. The molecule has 16 heavy (non-hydrogen) atoms. The second-order valence-corrected chi connectivity index (χ2v) is 5.94. The van der Waals surface area contributed by atoms with E-state index < -0.39 is 0 Å². The highest BCUT2D eigenvalue weighted by Crippen LogP contribution is 2.32. The maximum atomic E-state index is 9.48. The fourth-order valence-electron chi connectivity index (χ4n) is 2.14. The zero-order valence-corrected chi connectivity index (χ0v) is 11.0. The Kier molecular flexibility index (Phi) is 3.62. The van der Waals surface area contributed by atoms with Crippen LogP contribution in [-0.4, -0.2) is 34.1 Å². The quantitative estimate of drug-likeness (QED) is 0.881. The van der Waals surface area contributed by atoms with Gasteiger partial charge in [-0.2, -0.15) is 0 Å². The fourth-order valence-corrected chi connectivity index (χ4v) is 3.12. The van der Waals surface area contributed by atoms with Gasteiger partial charge in [0.15, 0.2) is 0 Å². The van der Waals surface area contributed by atoms with Gasteiger partial charge in [-0.25, -0.2) is 4.98 Å². The molecule has 0 aromatic carbocycles. The van der Waals surface area contributed by atoms with Crippen LogP contribution in [0.5, 0.6) is 0 Å². The van der Waals surface area contributed by atoms with Crippen LogP contribution in [-0.2, 0) is 0 Å². The Balaban J connectivity index is 2.03. The summed E-state index contributed by atoms with van der Waals surface area (Å²) in [4.78, 5) is 7.92. The summed E-state index contributed by atoms with van der Waals surface area (Å²) < 4.78 is 0. The zero-order valence-electron chi connectivity index (χ0n) is 10.2. The number of rotatable bonds is 3. The maximum Gasteiger partial charge on any atom is 0.0972 e. The van der Waals surface area contributed by atoms with Crippen molar-refractivity contribution in [3.8, 4) is 0 Å². The number of aliphatic hydroxyl groups is 1. The Morgan fingerprint density at radius 2 is 2.25 bits per heavy atom. The minimum atomic E-state index is -0.381. The van der Waals surface area contributed by atoms with Gasteiger partial charge >= 0.3 is 0 Å². The van der Waals surface area contributed by atoms with Crippen LogP contribution in [0, 0.1) is 0 Å². The molecular weight excluding hydrogens is 220 g/mol. The van der Waals surface area contributed by atoms with Crippen LogP contribution in [0.4, 0.5) is 0 Å². The molecule has 0 saturated carbocycles. The highest BCUT2D eigenvalue weighted by molar-refractivity contribution is 7.11. The van der Waals surface area contributed by atoms with E-state index in [0.29, 0.717) is 12.0 Å². The van der Waals surface area contributed by atoms with Gasteiger partial charge in [0.1, 0.15) is 0 Å². The first-order valence-electron chi connectivity index (χ1n) is 5.95. The molecule has 90 valence electrons. The first-order chi connectivity index (χ1) is 7.58. The molecule has 0 spiro atoms. The summed E-state index contributed by atoms with van der Waals surface area (Å²) in [5.41, 5.74) is 0. The molecule has 1 saturated heterocycles. The molecule has 2 rings (SSSR count). The molecule has 4 heteroatoms. The molecule has 0 amide bonds. The van der Waals surface area contributed by atoms with E-state index in [2.05, 4.69) is 23.7 Å². The summed E-state index contributed by atoms with van der Waals surface area (Å²) in [6, 6.07) is 0.626. The molecule has 1 N–H and O–H groups in total. The molecule has 2 heterocycles. The Morgan fingerprint density at radius 1 is 1.50 bits per heavy atom. The predicted molar refractivity (Wildman–Crippen MR) is 66.8 cm³/mol. The van der Waals surface area contributed by atoms with E-state index in [-0.39, 0.29) is 6.10 Å². The van der Waals surface area contributed by atoms with Gasteiger partial charge in [0.05, 0.1) is 16.0 Å². The Labute approximate surface area is 101 Å². The molecular formula is C12H20N2OS. The van der Waals surface area contributed by atoms with Crippen molar-refractivity contribution in [3.05, 3.63) is 16.1 Å². The predicted octanol–water partition coefficient (Wildman–Crippen LogP) is 2.39. The summed E-state index contributed by atoms with van der Waals surface area (Å²) in [6.07, 6.45) is 2.64. The topological polar surface area (TPSA) is 36.4 Å². The van der Waals surface area contributed by atoms with E-state index in [1.54, 1.807) is 18.3 Å². The number of aromatic nitrogens is 1. The van der Waals surface area contributed by atoms with Crippen molar-refractivity contribution in [1.82, 2.24) is 9.88 Å². The lowest BCUT2D eigenvalue weighted by Gasteiger charge is -2.19. The zero-order chi connectivity index (χ0) is 11.7. The highest BCUT2D eigenvalue weighted by atomic mass is 32.1. The third kappa shape index (κ3) is 2.44.